The molecule has 2 aliphatic rings. The normalized spacial score (nSPS) is 17.8. The van der Waals surface area contributed by atoms with Gasteiger partial charge < -0.3 is 0 Å². The first-order chi connectivity index (χ1) is 14.5. The van der Waals surface area contributed by atoms with Crippen molar-refractivity contribution in [3.63, 3.8) is 0 Å². The van der Waals surface area contributed by atoms with Crippen LogP contribution in [0.5, 0.6) is 0 Å². The van der Waals surface area contributed by atoms with Crippen LogP contribution in [0.2, 0.25) is 9.26 Å². The van der Waals surface area contributed by atoms with E-state index in [0.29, 0.717) is 5.92 Å². The number of allylic oxidation sites excluding steroid dienone is 4. The molecule has 0 spiro atoms. The second kappa shape index (κ2) is 9.16. The minimum atomic E-state index is -3.47. The maximum absolute atomic E-state index is 3.47. The standard InChI is InChI=1S/C21H25.C7H9.2CH3.2ClH.H2Si.Zr/c1-20(2,3)16-7-9-18-14(12-16)11-15-13-17(21(4,5)6)8-10-19(15)18;1-6-3-4-7(2)5-6;;;;;;/h7-10,12H,11H2,1-6H3;3-4,6H,1-2H3;2*1H3;2*1H;1H2;. The van der Waals surface area contributed by atoms with Crippen LogP contribution in [-0.4, -0.2) is 6.88 Å². The summed E-state index contributed by atoms with van der Waals surface area (Å²) < 4.78 is 8.97. The third kappa shape index (κ3) is 4.79. The zero-order chi connectivity index (χ0) is 23.9. The molecule has 0 radical (unpaired) electrons. The molecule has 0 fully saturated rings. The molecule has 0 amide bonds. The Hall–Kier alpha value is -0.400. The van der Waals surface area contributed by atoms with Gasteiger partial charge in [-0.2, -0.15) is 0 Å². The molecule has 1 unspecified atom stereocenters. The molecule has 0 heterocycles. The topological polar surface area (TPSA) is 0 Å². The SMILES string of the molecule is CC1=[C]([Zr]([CH3])([CH3])(=[SiH2])[c]2c(C(C)(C)C)ccc3c2Cc2cc(C(C)(C)C)ccc2-3)C(C)C=C1.Cl.Cl. The van der Waals surface area contributed by atoms with E-state index in [0.717, 1.165) is 6.42 Å². The minimum Gasteiger partial charge on any atom is -0.147 e. The minimum absolute atomic E-state index is 0. The second-order valence-corrected chi connectivity index (χ2v) is 41.8. The number of fused-ring (bicyclic) bond motifs is 3. The summed E-state index contributed by atoms with van der Waals surface area (Å²) in [5, 5.41) is 0. The predicted octanol–water partition coefficient (Wildman–Crippen LogP) is 8.14. The fraction of sp³-hybridized carbons (Fsp3) is 0.467. The zero-order valence-electron chi connectivity index (χ0n) is 22.8. The van der Waals surface area contributed by atoms with Crippen molar-refractivity contribution in [1.82, 2.24) is 0 Å². The van der Waals surface area contributed by atoms with Crippen molar-refractivity contribution in [3.05, 3.63) is 73.6 Å². The van der Waals surface area contributed by atoms with E-state index in [1.54, 1.807) is 17.7 Å². The molecule has 0 aliphatic heterocycles. The fourth-order valence-electron chi connectivity index (χ4n) is 6.62. The van der Waals surface area contributed by atoms with Crippen LogP contribution < -0.4 is 3.27 Å². The van der Waals surface area contributed by atoms with E-state index in [4.69, 9.17) is 0 Å². The predicted molar refractivity (Wildman–Crippen MR) is 157 cm³/mol. The Bertz CT molecular complexity index is 1260. The molecule has 0 N–H and O–H groups in total. The monoisotopic (exact) mass is 592 g/mol. The van der Waals surface area contributed by atoms with Gasteiger partial charge in [0.1, 0.15) is 0 Å². The van der Waals surface area contributed by atoms with E-state index in [1.807, 2.05) is 0 Å². The fourth-order valence-corrected chi connectivity index (χ4v) is 26.5. The molecule has 34 heavy (non-hydrogen) atoms. The van der Waals surface area contributed by atoms with Crippen LogP contribution in [0.4, 0.5) is 0 Å². The first-order valence-electron chi connectivity index (χ1n) is 12.3. The average molecular weight is 595 g/mol. The maximum atomic E-state index is 2.70. The third-order valence-corrected chi connectivity index (χ3v) is 24.0. The van der Waals surface area contributed by atoms with Gasteiger partial charge in [-0.05, 0) is 0 Å². The van der Waals surface area contributed by atoms with Gasteiger partial charge in [0.05, 0.1) is 0 Å². The molecule has 0 aromatic heterocycles. The largest absolute Gasteiger partial charge is 0.147 e. The number of hydrogen-bond acceptors (Lipinski definition) is 0. The summed E-state index contributed by atoms with van der Waals surface area (Å²) in [6.45, 7) is 21.4. The van der Waals surface area contributed by atoms with Gasteiger partial charge in [-0.15, -0.1) is 24.8 Å². The average Bonchev–Trinajstić information content (AvgIpc) is 3.18. The van der Waals surface area contributed by atoms with E-state index in [9.17, 15) is 0 Å². The third-order valence-electron chi connectivity index (χ3n) is 7.93. The Kier molecular flexibility index (Phi) is 8.04. The van der Waals surface area contributed by atoms with Crippen molar-refractivity contribution < 1.29 is 17.4 Å². The van der Waals surface area contributed by atoms with E-state index in [2.05, 4.69) is 114 Å². The molecular formula is C30H44Cl2SiZr. The van der Waals surface area contributed by atoms with Crippen molar-refractivity contribution in [1.29, 1.82) is 0 Å². The van der Waals surface area contributed by atoms with Gasteiger partial charge in [0, 0.05) is 0 Å². The molecule has 2 aromatic carbocycles. The summed E-state index contributed by atoms with van der Waals surface area (Å²) >= 11 is -3.47. The van der Waals surface area contributed by atoms with E-state index >= 15 is 0 Å². The summed E-state index contributed by atoms with van der Waals surface area (Å²) in [6, 6.07) is 12.2. The molecule has 4 heteroatoms. The number of hydrogen-bond donors (Lipinski definition) is 0. The molecular weight excluding hydrogens is 551 g/mol. The molecule has 4 rings (SSSR count). The smallest absolute Gasteiger partial charge is 0.147 e. The quantitative estimate of drug-likeness (QED) is 0.263. The van der Waals surface area contributed by atoms with Gasteiger partial charge in [-0.25, -0.2) is 0 Å². The second-order valence-electron chi connectivity index (χ2n) is 13.5. The van der Waals surface area contributed by atoms with Crippen LogP contribution >= 0.6 is 24.8 Å². The van der Waals surface area contributed by atoms with Crippen LogP contribution in [0, 0.1) is 5.92 Å². The molecule has 2 aromatic rings. The number of rotatable bonds is 2. The van der Waals surface area contributed by atoms with Crippen LogP contribution in [0.1, 0.15) is 77.6 Å². The zero-order valence-corrected chi connectivity index (χ0v) is 28.4. The first-order valence-corrected chi connectivity index (χ1v) is 25.6. The van der Waals surface area contributed by atoms with Gasteiger partial charge >= 0.3 is 200 Å². The Morgan fingerprint density at radius 2 is 1.47 bits per heavy atom. The van der Waals surface area contributed by atoms with Gasteiger partial charge in [-0.1, -0.05) is 0 Å². The summed E-state index contributed by atoms with van der Waals surface area (Å²) in [5.41, 5.74) is 11.0. The van der Waals surface area contributed by atoms with Crippen molar-refractivity contribution in [3.8, 4) is 11.1 Å². The van der Waals surface area contributed by atoms with E-state index in [-0.39, 0.29) is 35.6 Å². The van der Waals surface area contributed by atoms with Crippen molar-refractivity contribution in [2.45, 2.75) is 81.9 Å². The molecule has 0 nitrogen and oxygen atoms in total. The van der Waals surface area contributed by atoms with Gasteiger partial charge in [0.15, 0.2) is 0 Å². The number of benzene rings is 2. The summed E-state index contributed by atoms with van der Waals surface area (Å²) in [4.78, 5) is 0. The Labute approximate surface area is 223 Å². The summed E-state index contributed by atoms with van der Waals surface area (Å²) in [7, 11) is 0. The summed E-state index contributed by atoms with van der Waals surface area (Å²) in [6.07, 6.45) is 5.91. The Balaban J connectivity index is 0.00000204. The van der Waals surface area contributed by atoms with Crippen LogP contribution in [0.25, 0.3) is 11.1 Å². The number of halogens is 2. The maximum Gasteiger partial charge on any atom is -0.147 e. The Morgan fingerprint density at radius 3 is 1.97 bits per heavy atom. The summed E-state index contributed by atoms with van der Waals surface area (Å²) in [5.74, 6) is 0.563. The molecule has 186 valence electrons. The van der Waals surface area contributed by atoms with Crippen molar-refractivity contribution in [2.24, 2.45) is 5.92 Å². The Morgan fingerprint density at radius 1 is 0.882 bits per heavy atom. The van der Waals surface area contributed by atoms with Gasteiger partial charge in [-0.3, -0.25) is 0 Å². The molecule has 2 aliphatic carbocycles. The van der Waals surface area contributed by atoms with E-state index in [1.165, 1.54) is 27.8 Å². The van der Waals surface area contributed by atoms with Crippen LogP contribution in [-0.2, 0) is 34.6 Å². The molecule has 0 saturated heterocycles. The van der Waals surface area contributed by atoms with E-state index < -0.39 is 17.4 Å². The molecule has 0 bridgehead atoms. The van der Waals surface area contributed by atoms with Crippen molar-refractivity contribution in [2.75, 3.05) is 0 Å². The van der Waals surface area contributed by atoms with Crippen LogP contribution in [0.3, 0.4) is 0 Å². The molecule has 1 atom stereocenters. The van der Waals surface area contributed by atoms with Gasteiger partial charge in [0.25, 0.3) is 0 Å². The van der Waals surface area contributed by atoms with Gasteiger partial charge in [0.2, 0.25) is 0 Å². The van der Waals surface area contributed by atoms with Crippen LogP contribution in [0.15, 0.2) is 51.3 Å². The van der Waals surface area contributed by atoms with Crippen molar-refractivity contribution >= 4 is 35.0 Å². The molecule has 0 saturated carbocycles. The first kappa shape index (κ1) is 29.8.